The van der Waals surface area contributed by atoms with E-state index in [2.05, 4.69) is 9.71 Å². The van der Waals surface area contributed by atoms with Crippen LogP contribution in [0.3, 0.4) is 0 Å². The van der Waals surface area contributed by atoms with Crippen molar-refractivity contribution < 1.29 is 17.2 Å². The van der Waals surface area contributed by atoms with Crippen LogP contribution in [-0.4, -0.2) is 19.7 Å². The van der Waals surface area contributed by atoms with Crippen LogP contribution in [0.15, 0.2) is 54.7 Å². The molecule has 0 aliphatic heterocycles. The molecular formula is C23H20F2N2O2S. The van der Waals surface area contributed by atoms with Gasteiger partial charge in [-0.3, -0.25) is 9.71 Å². The molecule has 0 unspecified atom stereocenters. The van der Waals surface area contributed by atoms with Crippen LogP contribution in [0.4, 0.5) is 14.5 Å². The molecular weight excluding hydrogens is 406 g/mol. The number of halogens is 2. The maximum atomic E-state index is 14.3. The fourth-order valence-corrected chi connectivity index (χ4v) is 4.45. The Bertz CT molecular complexity index is 1280. The van der Waals surface area contributed by atoms with Crippen LogP contribution < -0.4 is 4.72 Å². The van der Waals surface area contributed by atoms with Gasteiger partial charge in [0.25, 0.3) is 0 Å². The quantitative estimate of drug-likeness (QED) is 0.654. The lowest BCUT2D eigenvalue weighted by Gasteiger charge is -2.17. The largest absolute Gasteiger partial charge is 0.284 e. The molecule has 0 atom stereocenters. The fraction of sp³-hybridized carbons (Fsp3) is 0.174. The predicted octanol–water partition coefficient (Wildman–Crippen LogP) is 4.81. The van der Waals surface area contributed by atoms with Gasteiger partial charge in [0.05, 0.1) is 11.9 Å². The molecule has 1 heterocycles. The Balaban J connectivity index is 1.98. The maximum absolute atomic E-state index is 14.3. The number of pyridine rings is 1. The van der Waals surface area contributed by atoms with Crippen molar-refractivity contribution in [3.8, 4) is 0 Å². The topological polar surface area (TPSA) is 59.1 Å². The smallest absolute Gasteiger partial charge is 0.229 e. The maximum Gasteiger partial charge on any atom is 0.229 e. The van der Waals surface area contributed by atoms with E-state index in [1.54, 1.807) is 18.3 Å². The number of anilines is 1. The molecule has 7 heteroatoms. The zero-order valence-corrected chi connectivity index (χ0v) is 17.4. The van der Waals surface area contributed by atoms with E-state index in [9.17, 15) is 17.2 Å². The molecule has 1 aliphatic carbocycles. The minimum atomic E-state index is -3.55. The lowest BCUT2D eigenvalue weighted by Crippen LogP contribution is -2.10. The molecule has 0 saturated heterocycles. The molecule has 0 spiro atoms. The number of fused-ring (bicyclic) bond motifs is 2. The summed E-state index contributed by atoms with van der Waals surface area (Å²) in [6.45, 7) is 1.85. The zero-order chi connectivity index (χ0) is 21.5. The van der Waals surface area contributed by atoms with Crippen molar-refractivity contribution in [3.05, 3.63) is 94.3 Å². The number of allylic oxidation sites excluding steroid dienone is 1. The normalized spacial score (nSPS) is 15.1. The van der Waals surface area contributed by atoms with E-state index in [1.165, 1.54) is 18.2 Å². The molecule has 4 nitrogen and oxygen atoms in total. The highest BCUT2D eigenvalue weighted by atomic mass is 32.2. The molecule has 30 heavy (non-hydrogen) atoms. The summed E-state index contributed by atoms with van der Waals surface area (Å²) in [5.41, 5.74) is 5.76. The number of nitrogens with one attached hydrogen (secondary N) is 1. The summed E-state index contributed by atoms with van der Waals surface area (Å²) in [5, 5.41) is 0. The predicted molar refractivity (Wildman–Crippen MR) is 115 cm³/mol. The number of hydrogen-bond acceptors (Lipinski definition) is 3. The standard InChI is InChI=1S/C23H20F2N2O2S/c1-14(16-11-18(25)13-19(12-16)27-30(2,28)29)23-20-7-6-17(24)10-15(20)5-8-22-21(23)4-3-9-26-22/h3-4,6-7,9-13,27H,5,8H2,1-2H3/b23-14-. The van der Waals surface area contributed by atoms with Crippen molar-refractivity contribution in [2.75, 3.05) is 11.0 Å². The van der Waals surface area contributed by atoms with E-state index in [0.29, 0.717) is 18.4 Å². The summed E-state index contributed by atoms with van der Waals surface area (Å²) in [6.07, 6.45) is 4.03. The van der Waals surface area contributed by atoms with Gasteiger partial charge in [0.2, 0.25) is 10.0 Å². The van der Waals surface area contributed by atoms with Gasteiger partial charge >= 0.3 is 0 Å². The first kappa shape index (κ1) is 20.2. The minimum absolute atomic E-state index is 0.145. The number of rotatable bonds is 3. The van der Waals surface area contributed by atoms with Crippen LogP contribution in [0, 0.1) is 11.6 Å². The van der Waals surface area contributed by atoms with Gasteiger partial charge in [-0.05, 0) is 84.0 Å². The van der Waals surface area contributed by atoms with Crippen molar-refractivity contribution >= 4 is 26.9 Å². The third kappa shape index (κ3) is 4.11. The molecule has 3 aromatic rings. The number of benzene rings is 2. The summed E-state index contributed by atoms with van der Waals surface area (Å²) in [4.78, 5) is 4.50. The van der Waals surface area contributed by atoms with Crippen LogP contribution in [0.1, 0.15) is 34.9 Å². The van der Waals surface area contributed by atoms with Crippen LogP contribution in [-0.2, 0) is 22.9 Å². The summed E-state index contributed by atoms with van der Waals surface area (Å²) in [5.74, 6) is -0.868. The Kier molecular flexibility index (Phi) is 5.15. The van der Waals surface area contributed by atoms with Gasteiger partial charge in [0.1, 0.15) is 11.6 Å². The number of aryl methyl sites for hydroxylation is 2. The Morgan fingerprint density at radius 1 is 1.00 bits per heavy atom. The van der Waals surface area contributed by atoms with Gasteiger partial charge in [-0.2, -0.15) is 0 Å². The first-order valence-corrected chi connectivity index (χ1v) is 11.3. The van der Waals surface area contributed by atoms with Gasteiger partial charge in [-0.1, -0.05) is 12.1 Å². The lowest BCUT2D eigenvalue weighted by molar-refractivity contribution is 0.606. The third-order valence-electron chi connectivity index (χ3n) is 5.14. The number of nitrogens with zero attached hydrogens (tertiary/aromatic N) is 1. The van der Waals surface area contributed by atoms with Gasteiger partial charge in [0.15, 0.2) is 0 Å². The number of sulfonamides is 1. The van der Waals surface area contributed by atoms with Gasteiger partial charge < -0.3 is 0 Å². The van der Waals surface area contributed by atoms with Crippen molar-refractivity contribution in [1.29, 1.82) is 0 Å². The monoisotopic (exact) mass is 426 g/mol. The molecule has 4 rings (SSSR count). The molecule has 2 aromatic carbocycles. The van der Waals surface area contributed by atoms with E-state index < -0.39 is 15.8 Å². The van der Waals surface area contributed by atoms with Gasteiger partial charge in [0, 0.05) is 17.5 Å². The van der Waals surface area contributed by atoms with E-state index in [4.69, 9.17) is 0 Å². The summed E-state index contributed by atoms with van der Waals surface area (Å²) in [7, 11) is -3.55. The molecule has 1 aliphatic rings. The van der Waals surface area contributed by atoms with E-state index in [0.717, 1.165) is 45.9 Å². The van der Waals surface area contributed by atoms with Crippen LogP contribution in [0.5, 0.6) is 0 Å². The lowest BCUT2D eigenvalue weighted by atomic mass is 9.88. The second-order valence-electron chi connectivity index (χ2n) is 7.40. The Labute approximate surface area is 174 Å². The van der Waals surface area contributed by atoms with E-state index >= 15 is 0 Å². The molecule has 1 aromatic heterocycles. The SMILES string of the molecule is C/C(=C1\c2ccc(F)cc2CCc2ncccc21)c1cc(F)cc(NS(C)(=O)=O)c1. The molecule has 0 bridgehead atoms. The molecule has 154 valence electrons. The van der Waals surface area contributed by atoms with Crippen LogP contribution in [0.2, 0.25) is 0 Å². The Hall–Kier alpha value is -3.06. The van der Waals surface area contributed by atoms with E-state index in [-0.39, 0.29) is 11.5 Å². The van der Waals surface area contributed by atoms with Gasteiger partial charge in [-0.25, -0.2) is 17.2 Å². The second-order valence-corrected chi connectivity index (χ2v) is 9.15. The molecule has 0 saturated carbocycles. The van der Waals surface area contributed by atoms with Crippen LogP contribution >= 0.6 is 0 Å². The van der Waals surface area contributed by atoms with Crippen molar-refractivity contribution in [3.63, 3.8) is 0 Å². The van der Waals surface area contributed by atoms with E-state index in [1.807, 2.05) is 19.1 Å². The van der Waals surface area contributed by atoms with Crippen molar-refractivity contribution in [2.24, 2.45) is 0 Å². The zero-order valence-electron chi connectivity index (χ0n) is 16.5. The second kappa shape index (κ2) is 7.65. The average molecular weight is 426 g/mol. The minimum Gasteiger partial charge on any atom is -0.284 e. The Morgan fingerprint density at radius 3 is 2.57 bits per heavy atom. The summed E-state index contributed by atoms with van der Waals surface area (Å²) < 4.78 is 53.8. The van der Waals surface area contributed by atoms with Gasteiger partial charge in [-0.15, -0.1) is 0 Å². The highest BCUT2D eigenvalue weighted by Gasteiger charge is 2.22. The van der Waals surface area contributed by atoms with Crippen LogP contribution in [0.25, 0.3) is 11.1 Å². The first-order valence-electron chi connectivity index (χ1n) is 9.44. The number of hydrogen-bond donors (Lipinski definition) is 1. The first-order chi connectivity index (χ1) is 14.2. The Morgan fingerprint density at radius 2 is 1.80 bits per heavy atom. The average Bonchev–Trinajstić information content (AvgIpc) is 2.82. The molecule has 1 N–H and O–H groups in total. The summed E-state index contributed by atoms with van der Waals surface area (Å²) in [6, 6.07) is 12.6. The fourth-order valence-electron chi connectivity index (χ4n) is 3.90. The molecule has 0 radical (unpaired) electrons. The molecule has 0 amide bonds. The van der Waals surface area contributed by atoms with Crippen molar-refractivity contribution in [2.45, 2.75) is 19.8 Å². The molecule has 0 fully saturated rings. The van der Waals surface area contributed by atoms with Crippen molar-refractivity contribution in [1.82, 2.24) is 4.98 Å². The highest BCUT2D eigenvalue weighted by molar-refractivity contribution is 7.92. The number of aromatic nitrogens is 1. The third-order valence-corrected chi connectivity index (χ3v) is 5.74. The summed E-state index contributed by atoms with van der Waals surface area (Å²) >= 11 is 0. The highest BCUT2D eigenvalue weighted by Crippen LogP contribution is 2.38.